The molecule has 138 valence electrons. The van der Waals surface area contributed by atoms with Crippen LogP contribution in [0.25, 0.3) is 0 Å². The van der Waals surface area contributed by atoms with Crippen LogP contribution in [0.4, 0.5) is 5.69 Å². The summed E-state index contributed by atoms with van der Waals surface area (Å²) >= 11 is 0. The zero-order valence-corrected chi connectivity index (χ0v) is 16.0. The molecule has 2 rings (SSSR count). The first-order valence-corrected chi connectivity index (χ1v) is 9.33. The van der Waals surface area contributed by atoms with Gasteiger partial charge in [-0.1, -0.05) is 6.92 Å². The molecule has 1 saturated heterocycles. The first-order valence-electron chi connectivity index (χ1n) is 9.33. The second kappa shape index (κ2) is 8.88. The number of hydrogen-bond donors (Lipinski definition) is 0. The van der Waals surface area contributed by atoms with E-state index in [1.165, 1.54) is 0 Å². The van der Waals surface area contributed by atoms with Crippen LogP contribution in [0.1, 0.15) is 43.5 Å². The van der Waals surface area contributed by atoms with Gasteiger partial charge in [-0.25, -0.2) is 0 Å². The summed E-state index contributed by atoms with van der Waals surface area (Å²) in [6, 6.07) is 7.92. The molecule has 1 aromatic rings. The monoisotopic (exact) mass is 345 g/mol. The highest BCUT2D eigenvalue weighted by atomic mass is 16.2. The maximum Gasteiger partial charge on any atom is 0.253 e. The van der Waals surface area contributed by atoms with Gasteiger partial charge in [-0.15, -0.1) is 0 Å². The molecule has 0 atom stereocenters. The topological polar surface area (TPSA) is 43.9 Å². The van der Waals surface area contributed by atoms with Gasteiger partial charge >= 0.3 is 0 Å². The van der Waals surface area contributed by atoms with Gasteiger partial charge < -0.3 is 14.7 Å². The highest BCUT2D eigenvalue weighted by molar-refractivity contribution is 5.94. The van der Waals surface area contributed by atoms with Crippen LogP contribution >= 0.6 is 0 Å². The lowest BCUT2D eigenvalue weighted by Gasteiger charge is -2.32. The molecule has 0 N–H and O–H groups in total. The number of hydrogen-bond acceptors (Lipinski definition) is 3. The number of rotatable bonds is 6. The molecule has 0 aromatic heterocycles. The fraction of sp³-hybridized carbons (Fsp3) is 0.600. The minimum absolute atomic E-state index is 0.0496. The number of anilines is 1. The maximum atomic E-state index is 12.7. The second-order valence-electron chi connectivity index (χ2n) is 6.93. The Morgan fingerprint density at radius 1 is 1.08 bits per heavy atom. The normalized spacial score (nSPS) is 15.1. The van der Waals surface area contributed by atoms with Gasteiger partial charge in [0.1, 0.15) is 0 Å². The molecule has 0 unspecified atom stereocenters. The van der Waals surface area contributed by atoms with Crippen LogP contribution in [0.2, 0.25) is 0 Å². The van der Waals surface area contributed by atoms with Crippen LogP contribution in [0.3, 0.4) is 0 Å². The molecule has 0 radical (unpaired) electrons. The fourth-order valence-electron chi connectivity index (χ4n) is 3.43. The Labute approximate surface area is 151 Å². The van der Waals surface area contributed by atoms with Crippen LogP contribution in [0, 0.1) is 5.92 Å². The van der Waals surface area contributed by atoms with Crippen molar-refractivity contribution >= 4 is 17.5 Å². The Morgan fingerprint density at radius 2 is 1.68 bits per heavy atom. The third-order valence-electron chi connectivity index (χ3n) is 4.93. The molecule has 0 aliphatic carbocycles. The summed E-state index contributed by atoms with van der Waals surface area (Å²) < 4.78 is 0. The van der Waals surface area contributed by atoms with E-state index in [0.29, 0.717) is 13.1 Å². The number of piperidine rings is 1. The Balaban J connectivity index is 1.96. The lowest BCUT2D eigenvalue weighted by molar-refractivity contribution is -0.134. The van der Waals surface area contributed by atoms with Gasteiger partial charge in [-0.2, -0.15) is 0 Å². The predicted octanol–water partition coefficient (Wildman–Crippen LogP) is 2.86. The van der Waals surface area contributed by atoms with E-state index < -0.39 is 0 Å². The molecular weight excluding hydrogens is 314 g/mol. The Hall–Kier alpha value is -2.04. The van der Waals surface area contributed by atoms with Crippen LogP contribution < -0.4 is 4.90 Å². The quantitative estimate of drug-likeness (QED) is 0.796. The van der Waals surface area contributed by atoms with Gasteiger partial charge in [-0.05, 0) is 50.5 Å². The molecule has 25 heavy (non-hydrogen) atoms. The van der Waals surface area contributed by atoms with Gasteiger partial charge in [0.05, 0.1) is 0 Å². The van der Waals surface area contributed by atoms with Crippen molar-refractivity contribution in [2.75, 3.05) is 45.2 Å². The average Bonchev–Trinajstić information content (AvgIpc) is 2.65. The van der Waals surface area contributed by atoms with Crippen molar-refractivity contribution in [2.24, 2.45) is 5.92 Å². The van der Waals surface area contributed by atoms with Crippen molar-refractivity contribution in [3.05, 3.63) is 29.8 Å². The first kappa shape index (κ1) is 19.3. The number of likely N-dealkylation sites (tertiary alicyclic amines) is 1. The van der Waals surface area contributed by atoms with Gasteiger partial charge in [0, 0.05) is 57.4 Å². The number of amides is 2. The van der Waals surface area contributed by atoms with E-state index in [4.69, 9.17) is 0 Å². The second-order valence-corrected chi connectivity index (χ2v) is 6.93. The van der Waals surface area contributed by atoms with Gasteiger partial charge in [0.2, 0.25) is 5.91 Å². The number of benzene rings is 1. The molecule has 0 bridgehead atoms. The highest BCUT2D eigenvalue weighted by Crippen LogP contribution is 2.22. The zero-order valence-electron chi connectivity index (χ0n) is 16.0. The third-order valence-corrected chi connectivity index (χ3v) is 4.93. The van der Waals surface area contributed by atoms with Crippen LogP contribution in [-0.4, -0.2) is 61.9 Å². The van der Waals surface area contributed by atoms with E-state index in [1.54, 1.807) is 19.0 Å². The lowest BCUT2D eigenvalue weighted by atomic mass is 9.95. The molecule has 5 heteroatoms. The van der Waals surface area contributed by atoms with Crippen molar-refractivity contribution in [3.63, 3.8) is 0 Å². The van der Waals surface area contributed by atoms with Crippen LogP contribution in [-0.2, 0) is 4.79 Å². The molecule has 5 nitrogen and oxygen atoms in total. The summed E-state index contributed by atoms with van der Waals surface area (Å²) in [6.07, 6.45) is 2.61. The summed E-state index contributed by atoms with van der Waals surface area (Å²) in [5.41, 5.74) is 1.89. The maximum absolute atomic E-state index is 12.7. The van der Waals surface area contributed by atoms with Crippen molar-refractivity contribution in [2.45, 2.75) is 33.1 Å². The molecule has 2 amide bonds. The van der Waals surface area contributed by atoms with E-state index in [9.17, 15) is 9.59 Å². The molecule has 0 saturated carbocycles. The number of carbonyl (C=O) groups is 2. The zero-order chi connectivity index (χ0) is 18.4. The van der Waals surface area contributed by atoms with E-state index in [0.717, 1.165) is 43.6 Å². The third kappa shape index (κ3) is 4.74. The minimum atomic E-state index is 0.0496. The van der Waals surface area contributed by atoms with Gasteiger partial charge in [-0.3, -0.25) is 9.59 Å². The van der Waals surface area contributed by atoms with Gasteiger partial charge in [0.15, 0.2) is 0 Å². The van der Waals surface area contributed by atoms with Crippen LogP contribution in [0.5, 0.6) is 0 Å². The van der Waals surface area contributed by atoms with E-state index >= 15 is 0 Å². The molecule has 1 aliphatic rings. The van der Waals surface area contributed by atoms with Crippen molar-refractivity contribution in [3.8, 4) is 0 Å². The summed E-state index contributed by atoms with van der Waals surface area (Å²) in [6.45, 7) is 7.62. The molecular formula is C20H31N3O2. The highest BCUT2D eigenvalue weighted by Gasteiger charge is 2.28. The molecule has 1 heterocycles. The smallest absolute Gasteiger partial charge is 0.253 e. The molecule has 1 aliphatic heterocycles. The molecule has 0 spiro atoms. The van der Waals surface area contributed by atoms with Crippen molar-refractivity contribution in [1.82, 2.24) is 9.80 Å². The summed E-state index contributed by atoms with van der Waals surface area (Å²) in [4.78, 5) is 30.6. The van der Waals surface area contributed by atoms with Crippen LogP contribution in [0.15, 0.2) is 24.3 Å². The van der Waals surface area contributed by atoms with Gasteiger partial charge in [0.25, 0.3) is 5.91 Å². The Morgan fingerprint density at radius 3 is 2.16 bits per heavy atom. The van der Waals surface area contributed by atoms with E-state index in [1.807, 2.05) is 29.2 Å². The van der Waals surface area contributed by atoms with Crippen molar-refractivity contribution in [1.29, 1.82) is 0 Å². The number of carbonyl (C=O) groups excluding carboxylic acids is 2. The summed E-state index contributed by atoms with van der Waals surface area (Å²) in [5, 5.41) is 0. The lowest BCUT2D eigenvalue weighted by Crippen LogP contribution is -2.42. The minimum Gasteiger partial charge on any atom is -0.372 e. The average molecular weight is 345 g/mol. The Bertz CT molecular complexity index is 575. The first-order chi connectivity index (χ1) is 12.0. The molecule has 1 fully saturated rings. The van der Waals surface area contributed by atoms with E-state index in [-0.39, 0.29) is 17.7 Å². The predicted molar refractivity (Wildman–Crippen MR) is 102 cm³/mol. The largest absolute Gasteiger partial charge is 0.372 e. The molecule has 1 aromatic carbocycles. The SMILES string of the molecule is CCCN(CC)c1ccc(C(=O)N2CCC(C(=O)N(C)C)CC2)cc1. The van der Waals surface area contributed by atoms with E-state index in [2.05, 4.69) is 18.7 Å². The Kier molecular flexibility index (Phi) is 6.85. The fourth-order valence-corrected chi connectivity index (χ4v) is 3.43. The van der Waals surface area contributed by atoms with Crippen molar-refractivity contribution < 1.29 is 9.59 Å². The number of nitrogens with zero attached hydrogens (tertiary/aromatic N) is 3. The standard InChI is InChI=1S/C20H31N3O2/c1-5-13-22(6-2)18-9-7-16(8-10-18)20(25)23-14-11-17(12-15-23)19(24)21(3)4/h7-10,17H,5-6,11-15H2,1-4H3. The summed E-state index contributed by atoms with van der Waals surface area (Å²) in [5.74, 6) is 0.293. The summed E-state index contributed by atoms with van der Waals surface area (Å²) in [7, 11) is 3.58.